The Bertz CT molecular complexity index is 1580. The Labute approximate surface area is 189 Å². The summed E-state index contributed by atoms with van der Waals surface area (Å²) >= 11 is 0. The Morgan fingerprint density at radius 2 is 1.35 bits per heavy atom. The lowest BCUT2D eigenvalue weighted by Crippen LogP contribution is -2.12. The first-order chi connectivity index (χ1) is 16.3. The van der Waals surface area contributed by atoms with Gasteiger partial charge in [-0.3, -0.25) is 4.79 Å². The van der Waals surface area contributed by atoms with Gasteiger partial charge in [0.2, 0.25) is 11.7 Å². The van der Waals surface area contributed by atoms with Crippen molar-refractivity contribution in [2.24, 2.45) is 5.73 Å². The van der Waals surface area contributed by atoms with E-state index in [1.807, 2.05) is 36.4 Å². The topological polar surface area (TPSA) is 48.0 Å². The van der Waals surface area contributed by atoms with Crippen molar-refractivity contribution in [1.29, 1.82) is 0 Å². The summed E-state index contributed by atoms with van der Waals surface area (Å²) in [6.07, 6.45) is 0. The van der Waals surface area contributed by atoms with E-state index in [1.165, 1.54) is 16.7 Å². The fourth-order valence-corrected chi connectivity index (χ4v) is 4.28. The molecule has 2 N–H and O–H groups in total. The predicted molar refractivity (Wildman–Crippen MR) is 119 cm³/mol. The Hall–Kier alpha value is -4.20. The Balaban J connectivity index is 1.85. The minimum absolute atomic E-state index is 0.172. The van der Waals surface area contributed by atoms with Crippen LogP contribution in [0.1, 0.15) is 15.9 Å². The summed E-state index contributed by atoms with van der Waals surface area (Å²) in [5, 5.41) is 0.974. The average molecular weight is 466 g/mol. The Morgan fingerprint density at radius 3 is 2.00 bits per heavy atom. The quantitative estimate of drug-likeness (QED) is 0.189. The molecule has 1 heterocycles. The fourth-order valence-electron chi connectivity index (χ4n) is 4.28. The van der Waals surface area contributed by atoms with E-state index in [2.05, 4.69) is 0 Å². The van der Waals surface area contributed by atoms with Crippen LogP contribution in [-0.4, -0.2) is 10.5 Å². The molecule has 0 aliphatic carbocycles. The number of halogens is 5. The van der Waals surface area contributed by atoms with Crippen LogP contribution in [0.2, 0.25) is 0 Å². The van der Waals surface area contributed by atoms with Crippen LogP contribution in [0.3, 0.4) is 0 Å². The predicted octanol–water partition coefficient (Wildman–Crippen LogP) is 6.30. The third-order valence-electron chi connectivity index (χ3n) is 5.88. The first-order valence-electron chi connectivity index (χ1n) is 10.2. The molecule has 5 rings (SSSR count). The maximum atomic E-state index is 14.5. The van der Waals surface area contributed by atoms with E-state index in [-0.39, 0.29) is 5.56 Å². The minimum Gasteiger partial charge on any atom is -0.366 e. The lowest BCUT2D eigenvalue weighted by atomic mass is 10.0. The summed E-state index contributed by atoms with van der Waals surface area (Å²) in [4.78, 5) is 12.1. The van der Waals surface area contributed by atoms with E-state index >= 15 is 0 Å². The van der Waals surface area contributed by atoms with Crippen molar-refractivity contribution in [3.8, 4) is 11.1 Å². The summed E-state index contributed by atoms with van der Waals surface area (Å²) < 4.78 is 71.8. The van der Waals surface area contributed by atoms with Crippen LogP contribution in [0.4, 0.5) is 22.0 Å². The molecule has 0 atom stereocenters. The number of nitrogens with two attached hydrogens (primary N) is 1. The molecular weight excluding hydrogens is 451 g/mol. The van der Waals surface area contributed by atoms with Gasteiger partial charge in [-0.05, 0) is 29.3 Å². The van der Waals surface area contributed by atoms with Crippen LogP contribution in [0.5, 0.6) is 0 Å². The van der Waals surface area contributed by atoms with E-state index in [1.54, 1.807) is 18.2 Å². The standard InChI is InChI=1S/C26H15F5N2O/c27-21-17(22(28)24(30)25(31)23(21)29)12-33-18-8-4-7-16(26(32)34)20(18)15-10-9-14(11-19(15)33)13-5-2-1-3-6-13/h1-11H,12H2,(H2,32,34). The van der Waals surface area contributed by atoms with E-state index < -0.39 is 47.1 Å². The van der Waals surface area contributed by atoms with Gasteiger partial charge in [-0.2, -0.15) is 0 Å². The minimum atomic E-state index is -2.22. The summed E-state index contributed by atoms with van der Waals surface area (Å²) in [6.45, 7) is -0.660. The summed E-state index contributed by atoms with van der Waals surface area (Å²) in [5.74, 6) is -10.8. The lowest BCUT2D eigenvalue weighted by Gasteiger charge is -2.12. The highest BCUT2D eigenvalue weighted by Gasteiger charge is 2.27. The molecular formula is C26H15F5N2O. The lowest BCUT2D eigenvalue weighted by molar-refractivity contribution is 0.100. The highest BCUT2D eigenvalue weighted by molar-refractivity contribution is 6.18. The maximum absolute atomic E-state index is 14.5. The molecule has 4 aromatic carbocycles. The van der Waals surface area contributed by atoms with Gasteiger partial charge < -0.3 is 10.3 Å². The van der Waals surface area contributed by atoms with Crippen molar-refractivity contribution in [2.75, 3.05) is 0 Å². The maximum Gasteiger partial charge on any atom is 0.249 e. The fraction of sp³-hybridized carbons (Fsp3) is 0.0385. The molecule has 3 nitrogen and oxygen atoms in total. The van der Waals surface area contributed by atoms with Gasteiger partial charge in [0.05, 0.1) is 17.6 Å². The number of carbonyl (C=O) groups is 1. The Kier molecular flexibility index (Phi) is 5.08. The number of nitrogens with zero attached hydrogens (tertiary/aromatic N) is 1. The third kappa shape index (κ3) is 3.22. The molecule has 34 heavy (non-hydrogen) atoms. The number of amides is 1. The van der Waals surface area contributed by atoms with Gasteiger partial charge in [0.1, 0.15) is 0 Å². The van der Waals surface area contributed by atoms with Gasteiger partial charge in [-0.1, -0.05) is 48.5 Å². The summed E-state index contributed by atoms with van der Waals surface area (Å²) in [6, 6.07) is 19.2. The second-order valence-corrected chi connectivity index (χ2v) is 7.80. The number of hydrogen-bond acceptors (Lipinski definition) is 1. The van der Waals surface area contributed by atoms with Crippen LogP contribution in [0, 0.1) is 29.1 Å². The van der Waals surface area contributed by atoms with Crippen LogP contribution in [-0.2, 0) is 6.54 Å². The van der Waals surface area contributed by atoms with Gasteiger partial charge in [0.25, 0.3) is 0 Å². The number of rotatable bonds is 4. The first-order valence-corrected chi connectivity index (χ1v) is 10.2. The van der Waals surface area contributed by atoms with Gasteiger partial charge in [-0.25, -0.2) is 22.0 Å². The first kappa shape index (κ1) is 21.6. The summed E-state index contributed by atoms with van der Waals surface area (Å²) in [7, 11) is 0. The average Bonchev–Trinajstić information content (AvgIpc) is 3.17. The number of carbonyl (C=O) groups excluding carboxylic acids is 1. The van der Waals surface area contributed by atoms with Crippen LogP contribution < -0.4 is 5.73 Å². The monoisotopic (exact) mass is 466 g/mol. The SMILES string of the molecule is NC(=O)c1cccc2c1c1ccc(-c3ccccc3)cc1n2Cc1c(F)c(F)c(F)c(F)c1F. The second kappa shape index (κ2) is 7.98. The van der Waals surface area contributed by atoms with E-state index in [0.29, 0.717) is 21.8 Å². The molecule has 0 saturated carbocycles. The Morgan fingerprint density at radius 1 is 0.706 bits per heavy atom. The van der Waals surface area contributed by atoms with Crippen molar-refractivity contribution in [1.82, 2.24) is 4.57 Å². The molecule has 0 fully saturated rings. The molecule has 0 aliphatic heterocycles. The number of aromatic nitrogens is 1. The number of benzene rings is 4. The molecule has 0 spiro atoms. The zero-order valence-corrected chi connectivity index (χ0v) is 17.4. The van der Waals surface area contributed by atoms with Crippen LogP contribution in [0.25, 0.3) is 32.9 Å². The van der Waals surface area contributed by atoms with Gasteiger partial charge >= 0.3 is 0 Å². The third-order valence-corrected chi connectivity index (χ3v) is 5.88. The number of hydrogen-bond donors (Lipinski definition) is 1. The van der Waals surface area contributed by atoms with Gasteiger partial charge in [0.15, 0.2) is 23.3 Å². The molecule has 0 aliphatic rings. The molecule has 8 heteroatoms. The molecule has 0 unspecified atom stereocenters. The second-order valence-electron chi connectivity index (χ2n) is 7.80. The molecule has 5 aromatic rings. The van der Waals surface area contributed by atoms with Crippen LogP contribution in [0.15, 0.2) is 66.7 Å². The molecule has 1 amide bonds. The van der Waals surface area contributed by atoms with Crippen molar-refractivity contribution in [2.45, 2.75) is 6.54 Å². The van der Waals surface area contributed by atoms with Crippen molar-refractivity contribution < 1.29 is 26.7 Å². The highest BCUT2D eigenvalue weighted by atomic mass is 19.2. The normalized spacial score (nSPS) is 11.4. The molecule has 0 radical (unpaired) electrons. The van der Waals surface area contributed by atoms with Gasteiger partial charge in [-0.15, -0.1) is 0 Å². The van der Waals surface area contributed by atoms with Gasteiger partial charge in [0, 0.05) is 21.9 Å². The number of primary amides is 1. The highest BCUT2D eigenvalue weighted by Crippen LogP contribution is 2.36. The molecule has 1 aromatic heterocycles. The smallest absolute Gasteiger partial charge is 0.249 e. The van der Waals surface area contributed by atoms with Crippen molar-refractivity contribution >= 4 is 27.7 Å². The van der Waals surface area contributed by atoms with Crippen LogP contribution >= 0.6 is 0 Å². The van der Waals surface area contributed by atoms with E-state index in [4.69, 9.17) is 5.73 Å². The van der Waals surface area contributed by atoms with Crippen molar-refractivity contribution in [3.63, 3.8) is 0 Å². The molecule has 0 saturated heterocycles. The zero-order valence-electron chi connectivity index (χ0n) is 17.4. The molecule has 170 valence electrons. The summed E-state index contributed by atoms with van der Waals surface area (Å²) in [5.41, 5.74) is 7.15. The van der Waals surface area contributed by atoms with E-state index in [9.17, 15) is 26.7 Å². The van der Waals surface area contributed by atoms with Crippen molar-refractivity contribution in [3.05, 3.63) is 107 Å². The molecule has 0 bridgehead atoms. The van der Waals surface area contributed by atoms with E-state index in [0.717, 1.165) is 11.1 Å². The number of fused-ring (bicyclic) bond motifs is 3. The zero-order chi connectivity index (χ0) is 24.1. The largest absolute Gasteiger partial charge is 0.366 e.